The molecule has 20 heavy (non-hydrogen) atoms. The van der Waals surface area contributed by atoms with Gasteiger partial charge in [0.2, 0.25) is 0 Å². The van der Waals surface area contributed by atoms with Gasteiger partial charge in [-0.15, -0.1) is 0 Å². The number of rotatable bonds is 6. The largest absolute Gasteiger partial charge is 0.486 e. The van der Waals surface area contributed by atoms with Gasteiger partial charge in [-0.2, -0.15) is 0 Å². The van der Waals surface area contributed by atoms with E-state index < -0.39 is 11.5 Å². The van der Waals surface area contributed by atoms with Crippen LogP contribution in [-0.4, -0.2) is 35.9 Å². The van der Waals surface area contributed by atoms with E-state index >= 15 is 0 Å². The van der Waals surface area contributed by atoms with Gasteiger partial charge in [-0.3, -0.25) is 10.1 Å². The quantitative estimate of drug-likeness (QED) is 0.834. The number of hydrogen-bond acceptors (Lipinski definition) is 4. The molecule has 1 heterocycles. The highest BCUT2D eigenvalue weighted by atomic mass is 16.6. The average molecular weight is 279 g/mol. The van der Waals surface area contributed by atoms with E-state index in [1.807, 2.05) is 38.1 Å². The zero-order valence-electron chi connectivity index (χ0n) is 11.9. The summed E-state index contributed by atoms with van der Waals surface area (Å²) in [7, 11) is 0. The summed E-state index contributed by atoms with van der Waals surface area (Å²) in [6, 6.07) is 7.49. The smallest absolute Gasteiger partial charge is 0.323 e. The van der Waals surface area contributed by atoms with Crippen molar-refractivity contribution < 1.29 is 19.4 Å². The Labute approximate surface area is 118 Å². The fourth-order valence-electron chi connectivity index (χ4n) is 2.35. The molecule has 0 aliphatic carbocycles. The first-order valence-electron chi connectivity index (χ1n) is 6.98. The summed E-state index contributed by atoms with van der Waals surface area (Å²) in [5, 5.41) is 12.5. The lowest BCUT2D eigenvalue weighted by atomic mass is 9.93. The summed E-state index contributed by atoms with van der Waals surface area (Å²) in [4.78, 5) is 11.4. The van der Waals surface area contributed by atoms with Gasteiger partial charge in [-0.1, -0.05) is 26.0 Å². The molecule has 2 N–H and O–H groups in total. The van der Waals surface area contributed by atoms with Crippen molar-refractivity contribution in [3.8, 4) is 11.5 Å². The van der Waals surface area contributed by atoms with Crippen molar-refractivity contribution in [2.75, 3.05) is 13.2 Å². The molecule has 1 aliphatic rings. The Morgan fingerprint density at radius 2 is 2.00 bits per heavy atom. The molecule has 0 radical (unpaired) electrons. The zero-order valence-corrected chi connectivity index (χ0v) is 11.9. The van der Waals surface area contributed by atoms with Gasteiger partial charge in [0.15, 0.2) is 11.5 Å². The standard InChI is InChI=1S/C15H21NO4/c1-3-15(4-2,14(17)18)16-9-11-10-19-12-7-5-6-8-13(12)20-11/h5-8,11,16H,3-4,9-10H2,1-2H3,(H,17,18). The first kappa shape index (κ1) is 14.7. The highest BCUT2D eigenvalue weighted by Crippen LogP contribution is 2.30. The maximum Gasteiger partial charge on any atom is 0.323 e. The molecule has 5 nitrogen and oxygen atoms in total. The van der Waals surface area contributed by atoms with Crippen LogP contribution in [0.25, 0.3) is 0 Å². The molecule has 0 aromatic heterocycles. The minimum absolute atomic E-state index is 0.179. The van der Waals surface area contributed by atoms with Gasteiger partial charge >= 0.3 is 5.97 Å². The fraction of sp³-hybridized carbons (Fsp3) is 0.533. The topological polar surface area (TPSA) is 67.8 Å². The van der Waals surface area contributed by atoms with Gasteiger partial charge in [-0.25, -0.2) is 0 Å². The highest BCUT2D eigenvalue weighted by molar-refractivity contribution is 5.78. The molecule has 1 aromatic carbocycles. The Bertz CT molecular complexity index is 471. The van der Waals surface area contributed by atoms with Crippen LogP contribution in [0.2, 0.25) is 0 Å². The summed E-state index contributed by atoms with van der Waals surface area (Å²) in [6.45, 7) is 4.62. The summed E-state index contributed by atoms with van der Waals surface area (Å²) in [5.41, 5.74) is -0.889. The summed E-state index contributed by atoms with van der Waals surface area (Å²) >= 11 is 0. The van der Waals surface area contributed by atoms with Crippen LogP contribution in [0.5, 0.6) is 11.5 Å². The molecular formula is C15H21NO4. The molecule has 1 unspecified atom stereocenters. The maximum atomic E-state index is 11.4. The minimum Gasteiger partial charge on any atom is -0.486 e. The van der Waals surface area contributed by atoms with Gasteiger partial charge in [0.1, 0.15) is 18.2 Å². The molecule has 5 heteroatoms. The number of aliphatic carboxylic acids is 1. The number of carboxylic acid groups (broad SMARTS) is 1. The summed E-state index contributed by atoms with van der Waals surface area (Å²) < 4.78 is 11.4. The van der Waals surface area contributed by atoms with Crippen LogP contribution in [0, 0.1) is 0 Å². The van der Waals surface area contributed by atoms with Gasteiger partial charge in [0, 0.05) is 6.54 Å². The monoisotopic (exact) mass is 279 g/mol. The van der Waals surface area contributed by atoms with E-state index in [2.05, 4.69) is 5.32 Å². The fourth-order valence-corrected chi connectivity index (χ4v) is 2.35. The van der Waals surface area contributed by atoms with Gasteiger partial charge in [0.25, 0.3) is 0 Å². The van der Waals surface area contributed by atoms with Gasteiger partial charge in [0.05, 0.1) is 0 Å². The number of para-hydroxylation sites is 2. The van der Waals surface area contributed by atoms with Crippen LogP contribution in [0.15, 0.2) is 24.3 Å². The number of ether oxygens (including phenoxy) is 2. The van der Waals surface area contributed by atoms with Gasteiger partial charge in [-0.05, 0) is 25.0 Å². The van der Waals surface area contributed by atoms with Crippen LogP contribution in [-0.2, 0) is 4.79 Å². The lowest BCUT2D eigenvalue weighted by molar-refractivity contribution is -0.145. The minimum atomic E-state index is -0.889. The number of hydrogen-bond donors (Lipinski definition) is 2. The van der Waals surface area contributed by atoms with Crippen LogP contribution in [0.4, 0.5) is 0 Å². The summed E-state index contributed by atoms with van der Waals surface area (Å²) in [5.74, 6) is 0.623. The molecule has 0 saturated heterocycles. The normalized spacial score (nSPS) is 17.8. The van der Waals surface area contributed by atoms with Crippen molar-refractivity contribution in [1.29, 1.82) is 0 Å². The molecule has 1 aromatic rings. The number of carboxylic acids is 1. The first-order valence-corrected chi connectivity index (χ1v) is 6.98. The molecule has 0 saturated carbocycles. The third-order valence-electron chi connectivity index (χ3n) is 3.85. The van der Waals surface area contributed by atoms with Crippen molar-refractivity contribution in [3.63, 3.8) is 0 Å². The Hall–Kier alpha value is -1.75. The zero-order chi connectivity index (χ0) is 14.6. The molecule has 0 amide bonds. The van der Waals surface area contributed by atoms with Crippen LogP contribution >= 0.6 is 0 Å². The van der Waals surface area contributed by atoms with Crippen LogP contribution < -0.4 is 14.8 Å². The van der Waals surface area contributed by atoms with E-state index in [4.69, 9.17) is 9.47 Å². The van der Waals surface area contributed by atoms with Crippen molar-refractivity contribution in [2.45, 2.75) is 38.3 Å². The number of carbonyl (C=O) groups is 1. The van der Waals surface area contributed by atoms with E-state index in [1.54, 1.807) is 0 Å². The van der Waals surface area contributed by atoms with Crippen molar-refractivity contribution >= 4 is 5.97 Å². The third-order valence-corrected chi connectivity index (χ3v) is 3.85. The maximum absolute atomic E-state index is 11.4. The number of benzene rings is 1. The lowest BCUT2D eigenvalue weighted by Crippen LogP contribution is -2.55. The Balaban J connectivity index is 1.97. The van der Waals surface area contributed by atoms with Crippen LogP contribution in [0.1, 0.15) is 26.7 Å². The second kappa shape index (κ2) is 6.13. The second-order valence-corrected chi connectivity index (χ2v) is 4.97. The second-order valence-electron chi connectivity index (χ2n) is 4.97. The third kappa shape index (κ3) is 2.88. The predicted molar refractivity (Wildman–Crippen MR) is 75.3 cm³/mol. The highest BCUT2D eigenvalue weighted by Gasteiger charge is 2.35. The Kier molecular flexibility index (Phi) is 4.49. The van der Waals surface area contributed by atoms with Crippen LogP contribution in [0.3, 0.4) is 0 Å². The molecule has 2 rings (SSSR count). The Morgan fingerprint density at radius 3 is 2.60 bits per heavy atom. The summed E-state index contributed by atoms with van der Waals surface area (Å²) in [6.07, 6.45) is 0.883. The molecule has 1 aliphatic heterocycles. The predicted octanol–water partition coefficient (Wildman–Crippen LogP) is 2.06. The van der Waals surface area contributed by atoms with Crippen molar-refractivity contribution in [1.82, 2.24) is 5.32 Å². The molecule has 0 fully saturated rings. The van der Waals surface area contributed by atoms with E-state index in [0.29, 0.717) is 31.7 Å². The van der Waals surface area contributed by atoms with E-state index in [0.717, 1.165) is 5.75 Å². The van der Waals surface area contributed by atoms with Crippen molar-refractivity contribution in [3.05, 3.63) is 24.3 Å². The van der Waals surface area contributed by atoms with Gasteiger partial charge < -0.3 is 14.6 Å². The number of nitrogens with one attached hydrogen (secondary N) is 1. The van der Waals surface area contributed by atoms with E-state index in [1.165, 1.54) is 0 Å². The average Bonchev–Trinajstić information content (AvgIpc) is 2.48. The SMILES string of the molecule is CCC(CC)(NCC1COc2ccccc2O1)C(=O)O. The molecule has 0 spiro atoms. The van der Waals surface area contributed by atoms with Crippen molar-refractivity contribution in [2.24, 2.45) is 0 Å². The lowest BCUT2D eigenvalue weighted by Gasteiger charge is -2.32. The first-order chi connectivity index (χ1) is 9.61. The van der Waals surface area contributed by atoms with E-state index in [9.17, 15) is 9.90 Å². The molecule has 0 bridgehead atoms. The Morgan fingerprint density at radius 1 is 1.35 bits per heavy atom. The molecule has 1 atom stereocenters. The van der Waals surface area contributed by atoms with E-state index in [-0.39, 0.29) is 6.10 Å². The molecular weight excluding hydrogens is 258 g/mol. The number of fused-ring (bicyclic) bond motifs is 1. The molecule has 110 valence electrons.